The molecule has 0 saturated carbocycles. The lowest BCUT2D eigenvalue weighted by Gasteiger charge is -2.13. The van der Waals surface area contributed by atoms with Crippen LogP contribution in [-0.2, 0) is 4.74 Å². The minimum absolute atomic E-state index is 0.179. The van der Waals surface area contributed by atoms with Gasteiger partial charge in [-0.3, -0.25) is 4.79 Å². The van der Waals surface area contributed by atoms with Crippen molar-refractivity contribution in [3.63, 3.8) is 0 Å². The van der Waals surface area contributed by atoms with Gasteiger partial charge >= 0.3 is 5.97 Å². The normalized spacial score (nSPS) is 10.8. The molecule has 1 heterocycles. The van der Waals surface area contributed by atoms with E-state index in [1.807, 2.05) is 19.9 Å². The zero-order chi connectivity index (χ0) is 20.3. The summed E-state index contributed by atoms with van der Waals surface area (Å²) in [7, 11) is 2.89. The summed E-state index contributed by atoms with van der Waals surface area (Å²) in [6, 6.07) is 4.93. The summed E-state index contributed by atoms with van der Waals surface area (Å²) >= 11 is 6.10. The van der Waals surface area contributed by atoms with Crippen LogP contribution in [0.5, 0.6) is 11.5 Å². The lowest BCUT2D eigenvalue weighted by atomic mass is 10.1. The molecule has 0 amide bonds. The number of halogens is 1. The number of methoxy groups -OCH3 is 2. The molecule has 1 aromatic carbocycles. The summed E-state index contributed by atoms with van der Waals surface area (Å²) in [6.45, 7) is 7.58. The van der Waals surface area contributed by atoms with Gasteiger partial charge in [-0.15, -0.1) is 0 Å². The minimum Gasteiger partial charge on any atom is -0.493 e. The average Bonchev–Trinajstić information content (AvgIpc) is 2.92. The molecule has 146 valence electrons. The van der Waals surface area contributed by atoms with E-state index in [0.29, 0.717) is 17.1 Å². The molecular formula is C20H24ClNO5. The van der Waals surface area contributed by atoms with E-state index in [4.69, 9.17) is 25.8 Å². The van der Waals surface area contributed by atoms with Gasteiger partial charge in [-0.05, 0) is 45.9 Å². The van der Waals surface area contributed by atoms with Gasteiger partial charge in [0.2, 0.25) is 5.78 Å². The largest absolute Gasteiger partial charge is 0.493 e. The number of carbonyl (C=O) groups excluding carboxylic acids is 2. The number of hydrogen-bond acceptors (Lipinski definition) is 5. The molecule has 2 aromatic rings. The number of benzene rings is 1. The maximum atomic E-state index is 12.5. The van der Waals surface area contributed by atoms with E-state index in [0.717, 1.165) is 11.4 Å². The Labute approximate surface area is 164 Å². The Balaban J connectivity index is 2.15. The number of carbonyl (C=O) groups is 2. The molecule has 0 radical (unpaired) electrons. The first-order valence-corrected chi connectivity index (χ1v) is 8.89. The number of aryl methyl sites for hydroxylation is 1. The smallest absolute Gasteiger partial charge is 0.338 e. The van der Waals surface area contributed by atoms with E-state index < -0.39 is 5.97 Å². The molecule has 0 saturated heterocycles. The van der Waals surface area contributed by atoms with Crippen LogP contribution in [0, 0.1) is 13.8 Å². The van der Waals surface area contributed by atoms with Crippen molar-refractivity contribution in [3.05, 3.63) is 45.7 Å². The predicted octanol–water partition coefficient (Wildman–Crippen LogP) is 4.40. The molecule has 0 N–H and O–H groups in total. The Morgan fingerprint density at radius 3 is 2.30 bits per heavy atom. The molecule has 2 rings (SSSR count). The number of nitrogens with zero attached hydrogens (tertiary/aromatic N) is 1. The first kappa shape index (κ1) is 20.8. The van der Waals surface area contributed by atoms with E-state index in [1.54, 1.807) is 0 Å². The number of Topliss-reactive ketones (excluding diaryl/α,β-unsaturated/α-hetero) is 1. The molecule has 6 nitrogen and oxygen atoms in total. The van der Waals surface area contributed by atoms with Gasteiger partial charge in [0.1, 0.15) is 0 Å². The van der Waals surface area contributed by atoms with Crippen molar-refractivity contribution in [2.75, 3.05) is 20.8 Å². The Kier molecular flexibility index (Phi) is 6.54. The fourth-order valence-electron chi connectivity index (χ4n) is 3.18. The van der Waals surface area contributed by atoms with E-state index >= 15 is 0 Å². The summed E-state index contributed by atoms with van der Waals surface area (Å²) < 4.78 is 17.6. The Morgan fingerprint density at radius 1 is 1.11 bits per heavy atom. The Bertz CT molecular complexity index is 870. The van der Waals surface area contributed by atoms with Crippen molar-refractivity contribution in [1.82, 2.24) is 4.57 Å². The fourth-order valence-corrected chi connectivity index (χ4v) is 3.47. The molecule has 0 aliphatic heterocycles. The van der Waals surface area contributed by atoms with Crippen molar-refractivity contribution in [3.8, 4) is 11.5 Å². The maximum absolute atomic E-state index is 12.5. The van der Waals surface area contributed by atoms with Crippen molar-refractivity contribution in [2.24, 2.45) is 0 Å². The molecule has 0 unspecified atom stereocenters. The van der Waals surface area contributed by atoms with Crippen LogP contribution in [0.1, 0.15) is 52.0 Å². The Morgan fingerprint density at radius 2 is 1.78 bits per heavy atom. The van der Waals surface area contributed by atoms with Crippen LogP contribution in [0.2, 0.25) is 5.02 Å². The molecule has 0 fully saturated rings. The summed E-state index contributed by atoms with van der Waals surface area (Å²) in [5.74, 6) is -0.282. The highest BCUT2D eigenvalue weighted by atomic mass is 35.5. The van der Waals surface area contributed by atoms with Crippen LogP contribution in [-0.4, -0.2) is 37.1 Å². The number of rotatable bonds is 7. The lowest BCUT2D eigenvalue weighted by Crippen LogP contribution is -2.15. The van der Waals surface area contributed by atoms with Crippen molar-refractivity contribution in [1.29, 1.82) is 0 Å². The van der Waals surface area contributed by atoms with Crippen LogP contribution in [0.15, 0.2) is 18.2 Å². The highest BCUT2D eigenvalue weighted by Gasteiger charge is 2.20. The highest BCUT2D eigenvalue weighted by molar-refractivity contribution is 6.32. The minimum atomic E-state index is -0.663. The van der Waals surface area contributed by atoms with Gasteiger partial charge in [0.05, 0.1) is 24.8 Å². The zero-order valence-corrected chi connectivity index (χ0v) is 17.1. The first-order chi connectivity index (χ1) is 12.7. The van der Waals surface area contributed by atoms with Gasteiger partial charge in [0.25, 0.3) is 0 Å². The second-order valence-electron chi connectivity index (χ2n) is 6.44. The molecule has 0 aliphatic rings. The van der Waals surface area contributed by atoms with Crippen LogP contribution in [0.3, 0.4) is 0 Å². The molecular weight excluding hydrogens is 370 g/mol. The molecule has 0 aliphatic carbocycles. The van der Waals surface area contributed by atoms with Crippen LogP contribution >= 0.6 is 11.6 Å². The fraction of sp³-hybridized carbons (Fsp3) is 0.400. The second kappa shape index (κ2) is 8.48. The number of hydrogen-bond donors (Lipinski definition) is 0. The second-order valence-corrected chi connectivity index (χ2v) is 6.85. The van der Waals surface area contributed by atoms with Crippen LogP contribution in [0.25, 0.3) is 0 Å². The van der Waals surface area contributed by atoms with Gasteiger partial charge < -0.3 is 18.8 Å². The first-order valence-electron chi connectivity index (χ1n) is 8.51. The van der Waals surface area contributed by atoms with Crippen LogP contribution in [0.4, 0.5) is 0 Å². The van der Waals surface area contributed by atoms with Crippen molar-refractivity contribution < 1.29 is 23.8 Å². The molecule has 27 heavy (non-hydrogen) atoms. The van der Waals surface area contributed by atoms with Gasteiger partial charge in [0.15, 0.2) is 18.1 Å². The monoisotopic (exact) mass is 393 g/mol. The third-order valence-electron chi connectivity index (χ3n) is 4.30. The quantitative estimate of drug-likeness (QED) is 0.515. The summed E-state index contributed by atoms with van der Waals surface area (Å²) in [5, 5.41) is 0.218. The van der Waals surface area contributed by atoms with E-state index in [9.17, 15) is 9.59 Å². The van der Waals surface area contributed by atoms with Crippen molar-refractivity contribution in [2.45, 2.75) is 33.7 Å². The molecule has 0 bridgehead atoms. The number of ketones is 1. The molecule has 7 heteroatoms. The van der Waals surface area contributed by atoms with Gasteiger partial charge in [-0.2, -0.15) is 0 Å². The van der Waals surface area contributed by atoms with Crippen molar-refractivity contribution >= 4 is 23.4 Å². The number of aromatic nitrogens is 1. The van der Waals surface area contributed by atoms with E-state index in [1.165, 1.54) is 26.4 Å². The van der Waals surface area contributed by atoms with Gasteiger partial charge in [0, 0.05) is 23.0 Å². The summed E-state index contributed by atoms with van der Waals surface area (Å²) in [6.07, 6.45) is 0. The topological polar surface area (TPSA) is 66.8 Å². The SMILES string of the molecule is COc1cc(C(=O)OCC(=O)c2cc(C)n(C(C)C)c2C)cc(Cl)c1OC. The predicted molar refractivity (Wildman–Crippen MR) is 103 cm³/mol. The summed E-state index contributed by atoms with van der Waals surface area (Å²) in [5.41, 5.74) is 2.58. The Hall–Kier alpha value is -2.47. The van der Waals surface area contributed by atoms with Gasteiger partial charge in [-0.25, -0.2) is 4.79 Å². The number of esters is 1. The van der Waals surface area contributed by atoms with E-state index in [-0.39, 0.29) is 29.0 Å². The molecule has 0 atom stereocenters. The third kappa shape index (κ3) is 4.27. The lowest BCUT2D eigenvalue weighted by molar-refractivity contribution is 0.0474. The standard InChI is InChI=1S/C20H24ClNO5/c1-11(2)22-12(3)7-15(13(22)4)17(23)10-27-20(24)14-8-16(21)19(26-6)18(9-14)25-5/h7-9,11H,10H2,1-6H3. The zero-order valence-electron chi connectivity index (χ0n) is 16.4. The van der Waals surface area contributed by atoms with Gasteiger partial charge in [-0.1, -0.05) is 11.6 Å². The molecule has 0 spiro atoms. The maximum Gasteiger partial charge on any atom is 0.338 e. The highest BCUT2D eigenvalue weighted by Crippen LogP contribution is 2.36. The van der Waals surface area contributed by atoms with Crippen LogP contribution < -0.4 is 9.47 Å². The van der Waals surface area contributed by atoms with E-state index in [2.05, 4.69) is 18.4 Å². The number of ether oxygens (including phenoxy) is 3. The third-order valence-corrected chi connectivity index (χ3v) is 4.59. The molecule has 1 aromatic heterocycles. The average molecular weight is 394 g/mol. The summed E-state index contributed by atoms with van der Waals surface area (Å²) in [4.78, 5) is 24.8.